The van der Waals surface area contributed by atoms with Crippen molar-refractivity contribution >= 4 is 27.5 Å². The van der Waals surface area contributed by atoms with Gasteiger partial charge in [0.15, 0.2) is 9.84 Å². The maximum absolute atomic E-state index is 12.4. The molecule has 0 aromatic heterocycles. The molecule has 0 unspecified atom stereocenters. The molecule has 4 nitrogen and oxygen atoms in total. The average Bonchev–Trinajstić information content (AvgIpc) is 2.52. The van der Waals surface area contributed by atoms with Crippen LogP contribution in [-0.2, 0) is 14.6 Å². The van der Waals surface area contributed by atoms with Gasteiger partial charge in [-0.2, -0.15) is 11.8 Å². The second kappa shape index (κ2) is 7.51. The van der Waals surface area contributed by atoms with E-state index in [1.807, 2.05) is 18.2 Å². The number of nitrogens with zero attached hydrogens (tertiary/aromatic N) is 1. The van der Waals surface area contributed by atoms with Gasteiger partial charge in [-0.15, -0.1) is 0 Å². The Hall–Kier alpha value is -1.01. The zero-order valence-electron chi connectivity index (χ0n) is 13.1. The Morgan fingerprint density at radius 1 is 1.36 bits per heavy atom. The van der Waals surface area contributed by atoms with E-state index in [1.54, 1.807) is 16.7 Å². The summed E-state index contributed by atoms with van der Waals surface area (Å²) in [6.07, 6.45) is 2.35. The fraction of sp³-hybridized carbons (Fsp3) is 0.562. The zero-order valence-corrected chi connectivity index (χ0v) is 14.7. The second-order valence-electron chi connectivity index (χ2n) is 5.80. The lowest BCUT2D eigenvalue weighted by atomic mass is 9.96. The maximum Gasteiger partial charge on any atom is 0.223 e. The van der Waals surface area contributed by atoms with E-state index in [-0.39, 0.29) is 5.91 Å². The number of hydrogen-bond acceptors (Lipinski definition) is 4. The SMILES string of the molecule is C[C@H](CCC(=O)N1CCSC[C@@H]1S(C)(=O)=O)c1ccccc1. The van der Waals surface area contributed by atoms with E-state index in [0.717, 1.165) is 12.2 Å². The molecule has 0 spiro atoms. The smallest absolute Gasteiger partial charge is 0.223 e. The van der Waals surface area contributed by atoms with Crippen LogP contribution in [0.25, 0.3) is 0 Å². The van der Waals surface area contributed by atoms with Crippen LogP contribution in [0, 0.1) is 0 Å². The summed E-state index contributed by atoms with van der Waals surface area (Å²) < 4.78 is 23.7. The molecule has 2 atom stereocenters. The first kappa shape index (κ1) is 17.3. The highest BCUT2D eigenvalue weighted by Gasteiger charge is 2.33. The summed E-state index contributed by atoms with van der Waals surface area (Å²) in [5.74, 6) is 1.55. The Labute approximate surface area is 137 Å². The summed E-state index contributed by atoms with van der Waals surface area (Å²) in [5.41, 5.74) is 1.21. The number of carbonyl (C=O) groups is 1. The van der Waals surface area contributed by atoms with E-state index < -0.39 is 15.2 Å². The van der Waals surface area contributed by atoms with Gasteiger partial charge in [0, 0.05) is 30.7 Å². The van der Waals surface area contributed by atoms with Crippen molar-refractivity contribution in [3.63, 3.8) is 0 Å². The molecule has 1 aromatic carbocycles. The number of sulfone groups is 1. The molecule has 0 bridgehead atoms. The fourth-order valence-electron chi connectivity index (χ4n) is 2.65. The van der Waals surface area contributed by atoms with Crippen molar-refractivity contribution in [1.82, 2.24) is 4.90 Å². The largest absolute Gasteiger partial charge is 0.324 e. The van der Waals surface area contributed by atoms with E-state index in [4.69, 9.17) is 0 Å². The summed E-state index contributed by atoms with van der Waals surface area (Å²) in [7, 11) is -3.23. The van der Waals surface area contributed by atoms with Crippen LogP contribution in [0.2, 0.25) is 0 Å². The molecule has 1 aliphatic heterocycles. The average molecular weight is 341 g/mol. The monoisotopic (exact) mass is 341 g/mol. The summed E-state index contributed by atoms with van der Waals surface area (Å²) in [6.45, 7) is 2.63. The van der Waals surface area contributed by atoms with Crippen LogP contribution in [0.3, 0.4) is 0 Å². The van der Waals surface area contributed by atoms with Gasteiger partial charge >= 0.3 is 0 Å². The summed E-state index contributed by atoms with van der Waals surface area (Å²) >= 11 is 1.60. The third-order valence-corrected chi connectivity index (χ3v) is 6.70. The Balaban J connectivity index is 1.96. The molecule has 0 aliphatic carbocycles. The molecule has 1 saturated heterocycles. The number of benzene rings is 1. The normalized spacial score (nSPS) is 20.6. The Kier molecular flexibility index (Phi) is 5.92. The molecule has 6 heteroatoms. The number of rotatable bonds is 5. The molecule has 0 radical (unpaired) electrons. The van der Waals surface area contributed by atoms with E-state index in [9.17, 15) is 13.2 Å². The molecule has 22 heavy (non-hydrogen) atoms. The third kappa shape index (κ3) is 4.49. The molecule has 1 aliphatic rings. The van der Waals surface area contributed by atoms with Crippen LogP contribution in [0.1, 0.15) is 31.2 Å². The van der Waals surface area contributed by atoms with Crippen LogP contribution in [0.15, 0.2) is 30.3 Å². The Bertz CT molecular complexity index is 601. The van der Waals surface area contributed by atoms with Gasteiger partial charge in [-0.25, -0.2) is 8.42 Å². The fourth-order valence-corrected chi connectivity index (χ4v) is 5.49. The van der Waals surface area contributed by atoms with Crippen molar-refractivity contribution < 1.29 is 13.2 Å². The molecule has 1 fully saturated rings. The number of hydrogen-bond donors (Lipinski definition) is 0. The van der Waals surface area contributed by atoms with Gasteiger partial charge in [0.2, 0.25) is 5.91 Å². The van der Waals surface area contributed by atoms with Crippen LogP contribution >= 0.6 is 11.8 Å². The van der Waals surface area contributed by atoms with Crippen molar-refractivity contribution in [1.29, 1.82) is 0 Å². The van der Waals surface area contributed by atoms with Crippen LogP contribution in [0.5, 0.6) is 0 Å². The Morgan fingerprint density at radius 3 is 2.68 bits per heavy atom. The van der Waals surface area contributed by atoms with E-state index in [1.165, 1.54) is 11.8 Å². The molecule has 1 heterocycles. The van der Waals surface area contributed by atoms with E-state index in [2.05, 4.69) is 19.1 Å². The zero-order chi connectivity index (χ0) is 16.2. The number of amides is 1. The van der Waals surface area contributed by atoms with Crippen molar-refractivity contribution in [3.05, 3.63) is 35.9 Å². The molecule has 1 aromatic rings. The highest BCUT2D eigenvalue weighted by molar-refractivity contribution is 8.00. The first-order chi connectivity index (χ1) is 10.4. The maximum atomic E-state index is 12.4. The van der Waals surface area contributed by atoms with Crippen molar-refractivity contribution in [2.24, 2.45) is 0 Å². The standard InChI is InChI=1S/C16H23NO3S2/c1-13(14-6-4-3-5-7-14)8-9-15(18)17-10-11-21-12-16(17)22(2,19)20/h3-7,13,16H,8-12H2,1-2H3/t13-,16+/m1/s1. The second-order valence-corrected chi connectivity index (χ2v) is 9.15. The first-order valence-electron chi connectivity index (χ1n) is 7.50. The van der Waals surface area contributed by atoms with Crippen LogP contribution in [-0.4, -0.2) is 48.9 Å². The van der Waals surface area contributed by atoms with Crippen molar-refractivity contribution in [2.45, 2.75) is 31.1 Å². The highest BCUT2D eigenvalue weighted by atomic mass is 32.2. The summed E-state index contributed by atoms with van der Waals surface area (Å²) in [5, 5.41) is -0.661. The quantitative estimate of drug-likeness (QED) is 0.826. The summed E-state index contributed by atoms with van der Waals surface area (Å²) in [6, 6.07) is 10.1. The third-order valence-electron chi connectivity index (χ3n) is 4.06. The minimum atomic E-state index is -3.23. The molecule has 122 valence electrons. The molecular formula is C16H23NO3S2. The molecular weight excluding hydrogens is 318 g/mol. The van der Waals surface area contributed by atoms with Crippen LogP contribution in [0.4, 0.5) is 0 Å². The lowest BCUT2D eigenvalue weighted by Crippen LogP contribution is -2.49. The van der Waals surface area contributed by atoms with Gasteiger partial charge in [0.05, 0.1) is 0 Å². The van der Waals surface area contributed by atoms with Crippen molar-refractivity contribution in [3.8, 4) is 0 Å². The predicted octanol–water partition coefficient (Wildman–Crippen LogP) is 2.52. The summed E-state index contributed by atoms with van der Waals surface area (Å²) in [4.78, 5) is 14.0. The van der Waals surface area contributed by atoms with E-state index >= 15 is 0 Å². The van der Waals surface area contributed by atoms with Gasteiger partial charge < -0.3 is 4.90 Å². The van der Waals surface area contributed by atoms with Gasteiger partial charge in [-0.3, -0.25) is 4.79 Å². The number of carbonyl (C=O) groups excluding carboxylic acids is 1. The Morgan fingerprint density at radius 2 is 2.05 bits per heavy atom. The lowest BCUT2D eigenvalue weighted by Gasteiger charge is -2.34. The van der Waals surface area contributed by atoms with Crippen LogP contribution < -0.4 is 0 Å². The number of thioether (sulfide) groups is 1. The van der Waals surface area contributed by atoms with E-state index in [0.29, 0.717) is 24.6 Å². The molecule has 2 rings (SSSR count). The van der Waals surface area contributed by atoms with Gasteiger partial charge in [-0.05, 0) is 17.9 Å². The van der Waals surface area contributed by atoms with Gasteiger partial charge in [0.25, 0.3) is 0 Å². The topological polar surface area (TPSA) is 54.5 Å². The van der Waals surface area contributed by atoms with Crippen molar-refractivity contribution in [2.75, 3.05) is 24.3 Å². The molecule has 0 saturated carbocycles. The van der Waals surface area contributed by atoms with Gasteiger partial charge in [0.1, 0.15) is 5.37 Å². The molecule has 0 N–H and O–H groups in total. The predicted molar refractivity (Wildman–Crippen MR) is 91.8 cm³/mol. The minimum absolute atomic E-state index is 0.0430. The van der Waals surface area contributed by atoms with Gasteiger partial charge in [-0.1, -0.05) is 37.3 Å². The first-order valence-corrected chi connectivity index (χ1v) is 10.6. The minimum Gasteiger partial charge on any atom is -0.324 e. The molecule has 1 amide bonds. The lowest BCUT2D eigenvalue weighted by molar-refractivity contribution is -0.131. The highest BCUT2D eigenvalue weighted by Crippen LogP contribution is 2.24.